The molecule has 5 nitrogen and oxygen atoms in total. The zero-order chi connectivity index (χ0) is 14.3. The van der Waals surface area contributed by atoms with Crippen LogP contribution in [0, 0.1) is 5.92 Å². The fraction of sp³-hybridized carbons (Fsp3) is 0.692. The Morgan fingerprint density at radius 1 is 1.47 bits per heavy atom. The lowest BCUT2D eigenvalue weighted by atomic mass is 10.2. The molecule has 0 atom stereocenters. The third kappa shape index (κ3) is 5.32. The number of hydrogen-bond donors (Lipinski definition) is 1. The molecule has 1 rings (SSSR count). The Bertz CT molecular complexity index is 387. The lowest BCUT2D eigenvalue weighted by Crippen LogP contribution is -2.32. The molecule has 1 aromatic heterocycles. The average Bonchev–Trinajstić information content (AvgIpc) is 2.37. The number of nitrogens with zero attached hydrogens (tertiary/aromatic N) is 3. The first-order chi connectivity index (χ1) is 9.08. The van der Waals surface area contributed by atoms with Crippen LogP contribution in [0.2, 0.25) is 0 Å². The van der Waals surface area contributed by atoms with Gasteiger partial charge in [-0.05, 0) is 28.8 Å². The van der Waals surface area contributed by atoms with Crippen LogP contribution in [0.3, 0.4) is 0 Å². The second-order valence-corrected chi connectivity index (χ2v) is 5.58. The average molecular weight is 331 g/mol. The van der Waals surface area contributed by atoms with Crippen molar-refractivity contribution in [1.82, 2.24) is 9.97 Å². The standard InChI is InChI=1S/C13H23BrN4O/c1-5-15-13-16-8-11(14)12(17-13)18(6-7-19-4)9-10(2)3/h8,10H,5-7,9H2,1-4H3,(H,15,16,17). The van der Waals surface area contributed by atoms with Gasteiger partial charge in [0.15, 0.2) is 0 Å². The lowest BCUT2D eigenvalue weighted by molar-refractivity contribution is 0.204. The van der Waals surface area contributed by atoms with E-state index in [0.717, 1.165) is 29.9 Å². The third-order valence-electron chi connectivity index (χ3n) is 2.51. The van der Waals surface area contributed by atoms with Gasteiger partial charge in [-0.2, -0.15) is 4.98 Å². The van der Waals surface area contributed by atoms with Gasteiger partial charge in [0.05, 0.1) is 11.1 Å². The molecule has 0 radical (unpaired) electrons. The van der Waals surface area contributed by atoms with Crippen molar-refractivity contribution in [2.24, 2.45) is 5.92 Å². The number of aromatic nitrogens is 2. The van der Waals surface area contributed by atoms with Crippen LogP contribution in [-0.2, 0) is 4.74 Å². The number of halogens is 1. The summed E-state index contributed by atoms with van der Waals surface area (Å²) in [6.45, 7) is 9.66. The van der Waals surface area contributed by atoms with E-state index in [-0.39, 0.29) is 0 Å². The summed E-state index contributed by atoms with van der Waals surface area (Å²) in [6.07, 6.45) is 1.79. The molecule has 0 amide bonds. The van der Waals surface area contributed by atoms with Crippen LogP contribution in [0.1, 0.15) is 20.8 Å². The predicted octanol–water partition coefficient (Wildman–Crippen LogP) is 2.78. The minimum absolute atomic E-state index is 0.557. The van der Waals surface area contributed by atoms with Gasteiger partial charge < -0.3 is 15.0 Å². The fourth-order valence-corrected chi connectivity index (χ4v) is 2.19. The molecule has 1 aromatic rings. The van der Waals surface area contributed by atoms with Gasteiger partial charge in [0.25, 0.3) is 0 Å². The molecule has 0 aliphatic heterocycles. The topological polar surface area (TPSA) is 50.3 Å². The summed E-state index contributed by atoms with van der Waals surface area (Å²) in [5, 5.41) is 3.14. The van der Waals surface area contributed by atoms with Gasteiger partial charge in [0.2, 0.25) is 5.95 Å². The van der Waals surface area contributed by atoms with E-state index < -0.39 is 0 Å². The van der Waals surface area contributed by atoms with E-state index in [0.29, 0.717) is 18.5 Å². The van der Waals surface area contributed by atoms with Gasteiger partial charge in [-0.25, -0.2) is 4.98 Å². The molecule has 0 bridgehead atoms. The maximum absolute atomic E-state index is 5.18. The van der Waals surface area contributed by atoms with Crippen LogP contribution in [0.4, 0.5) is 11.8 Å². The SMILES string of the molecule is CCNc1ncc(Br)c(N(CCOC)CC(C)C)n1. The normalized spacial score (nSPS) is 10.8. The monoisotopic (exact) mass is 330 g/mol. The Morgan fingerprint density at radius 3 is 2.79 bits per heavy atom. The number of ether oxygens (including phenoxy) is 1. The highest BCUT2D eigenvalue weighted by molar-refractivity contribution is 9.10. The van der Waals surface area contributed by atoms with Crippen molar-refractivity contribution in [3.05, 3.63) is 10.7 Å². The van der Waals surface area contributed by atoms with Gasteiger partial charge in [-0.15, -0.1) is 0 Å². The third-order valence-corrected chi connectivity index (χ3v) is 3.07. The molecule has 0 saturated heterocycles. The Hall–Kier alpha value is -0.880. The maximum atomic E-state index is 5.18. The van der Waals surface area contributed by atoms with E-state index in [2.05, 4.69) is 50.0 Å². The summed E-state index contributed by atoms with van der Waals surface area (Å²) in [7, 11) is 1.71. The summed E-state index contributed by atoms with van der Waals surface area (Å²) in [5.74, 6) is 2.13. The number of rotatable bonds is 8. The molecule has 0 unspecified atom stereocenters. The smallest absolute Gasteiger partial charge is 0.224 e. The zero-order valence-corrected chi connectivity index (χ0v) is 13.7. The second-order valence-electron chi connectivity index (χ2n) is 4.73. The molecular formula is C13H23BrN4O. The van der Waals surface area contributed by atoms with Crippen LogP contribution in [0.15, 0.2) is 10.7 Å². The molecule has 0 aromatic carbocycles. The highest BCUT2D eigenvalue weighted by Gasteiger charge is 2.14. The van der Waals surface area contributed by atoms with Crippen LogP contribution in [0.25, 0.3) is 0 Å². The van der Waals surface area contributed by atoms with Crippen molar-refractivity contribution >= 4 is 27.7 Å². The van der Waals surface area contributed by atoms with Gasteiger partial charge in [0, 0.05) is 32.9 Å². The highest BCUT2D eigenvalue weighted by Crippen LogP contribution is 2.25. The molecule has 1 N–H and O–H groups in total. The first-order valence-corrected chi connectivity index (χ1v) is 7.38. The number of anilines is 2. The molecule has 0 saturated carbocycles. The lowest BCUT2D eigenvalue weighted by Gasteiger charge is -2.26. The minimum atomic E-state index is 0.557. The van der Waals surface area contributed by atoms with Crippen molar-refractivity contribution in [3.63, 3.8) is 0 Å². The second kappa shape index (κ2) is 8.32. The van der Waals surface area contributed by atoms with E-state index in [1.165, 1.54) is 0 Å². The predicted molar refractivity (Wildman–Crippen MR) is 82.8 cm³/mol. The molecule has 1 heterocycles. The Morgan fingerprint density at radius 2 is 2.21 bits per heavy atom. The number of hydrogen-bond acceptors (Lipinski definition) is 5. The van der Waals surface area contributed by atoms with Gasteiger partial charge in [-0.1, -0.05) is 13.8 Å². The molecule has 19 heavy (non-hydrogen) atoms. The maximum Gasteiger partial charge on any atom is 0.224 e. The molecule has 0 fully saturated rings. The summed E-state index contributed by atoms with van der Waals surface area (Å²) < 4.78 is 6.09. The molecule has 0 spiro atoms. The minimum Gasteiger partial charge on any atom is -0.383 e. The van der Waals surface area contributed by atoms with Crippen LogP contribution >= 0.6 is 15.9 Å². The highest BCUT2D eigenvalue weighted by atomic mass is 79.9. The van der Waals surface area contributed by atoms with E-state index in [4.69, 9.17) is 4.74 Å². The summed E-state index contributed by atoms with van der Waals surface area (Å²) in [6, 6.07) is 0. The van der Waals surface area contributed by atoms with Crippen molar-refractivity contribution in [2.45, 2.75) is 20.8 Å². The number of methoxy groups -OCH3 is 1. The molecule has 108 valence electrons. The van der Waals surface area contributed by atoms with Gasteiger partial charge in [-0.3, -0.25) is 0 Å². The van der Waals surface area contributed by atoms with Crippen LogP contribution < -0.4 is 10.2 Å². The van der Waals surface area contributed by atoms with Crippen molar-refractivity contribution in [3.8, 4) is 0 Å². The largest absolute Gasteiger partial charge is 0.383 e. The van der Waals surface area contributed by atoms with Gasteiger partial charge in [0.1, 0.15) is 5.82 Å². The van der Waals surface area contributed by atoms with Crippen molar-refractivity contribution < 1.29 is 4.74 Å². The van der Waals surface area contributed by atoms with E-state index in [9.17, 15) is 0 Å². The first-order valence-electron chi connectivity index (χ1n) is 6.58. The number of nitrogens with one attached hydrogen (secondary N) is 1. The Balaban J connectivity index is 2.94. The van der Waals surface area contributed by atoms with E-state index in [1.54, 1.807) is 13.3 Å². The molecule has 6 heteroatoms. The summed E-state index contributed by atoms with van der Waals surface area (Å²) >= 11 is 3.53. The van der Waals surface area contributed by atoms with Crippen molar-refractivity contribution in [2.75, 3.05) is 43.6 Å². The van der Waals surface area contributed by atoms with E-state index in [1.807, 2.05) is 6.92 Å². The summed E-state index contributed by atoms with van der Waals surface area (Å²) in [4.78, 5) is 11.0. The fourth-order valence-electron chi connectivity index (χ4n) is 1.75. The molecule has 0 aliphatic carbocycles. The van der Waals surface area contributed by atoms with Crippen molar-refractivity contribution in [1.29, 1.82) is 0 Å². The zero-order valence-electron chi connectivity index (χ0n) is 12.1. The quantitative estimate of drug-likeness (QED) is 0.794. The van der Waals surface area contributed by atoms with Gasteiger partial charge >= 0.3 is 0 Å². The Kier molecular flexibility index (Phi) is 7.09. The Labute approximate surface area is 123 Å². The van der Waals surface area contributed by atoms with E-state index >= 15 is 0 Å². The van der Waals surface area contributed by atoms with Crippen LogP contribution in [-0.4, -0.2) is 43.3 Å². The van der Waals surface area contributed by atoms with Crippen LogP contribution in [0.5, 0.6) is 0 Å². The summed E-state index contributed by atoms with van der Waals surface area (Å²) in [5.41, 5.74) is 0. The molecule has 0 aliphatic rings. The molecular weight excluding hydrogens is 308 g/mol. The first kappa shape index (κ1) is 16.2.